The molecule has 148 valence electrons. The Balaban J connectivity index is 1.71. The molecule has 3 aromatic rings. The molecule has 2 heterocycles. The number of hydrogen-bond donors (Lipinski definition) is 0. The maximum Gasteiger partial charge on any atom is 0.417 e. The third-order valence-corrected chi connectivity index (χ3v) is 5.05. The first-order chi connectivity index (χ1) is 13.1. The van der Waals surface area contributed by atoms with Gasteiger partial charge < -0.3 is 4.90 Å². The van der Waals surface area contributed by atoms with E-state index in [1.165, 1.54) is 17.0 Å². The van der Waals surface area contributed by atoms with Crippen LogP contribution in [0, 0.1) is 5.82 Å². The van der Waals surface area contributed by atoms with Crippen LogP contribution in [0.2, 0.25) is 5.02 Å². The third kappa shape index (κ3) is 4.56. The molecule has 0 bridgehead atoms. The zero-order valence-electron chi connectivity index (χ0n) is 14.4. The van der Waals surface area contributed by atoms with Gasteiger partial charge in [0, 0.05) is 19.8 Å². The summed E-state index contributed by atoms with van der Waals surface area (Å²) in [6.07, 6.45) is -3.73. The minimum absolute atomic E-state index is 0.0631. The first kappa shape index (κ1) is 20.4. The van der Waals surface area contributed by atoms with Gasteiger partial charge in [-0.2, -0.15) is 13.2 Å². The van der Waals surface area contributed by atoms with Gasteiger partial charge in [-0.25, -0.2) is 4.39 Å². The highest BCUT2D eigenvalue weighted by molar-refractivity contribution is 7.99. The van der Waals surface area contributed by atoms with Gasteiger partial charge in [-0.3, -0.25) is 9.20 Å². The summed E-state index contributed by atoms with van der Waals surface area (Å²) < 4.78 is 53.0. The van der Waals surface area contributed by atoms with Crippen LogP contribution >= 0.6 is 23.4 Å². The van der Waals surface area contributed by atoms with E-state index >= 15 is 0 Å². The second kappa shape index (κ2) is 7.96. The molecular formula is C17H13ClF4N4OS. The van der Waals surface area contributed by atoms with E-state index in [1.807, 2.05) is 0 Å². The SMILES string of the molecule is CN(Cc1ccc(F)cc1)C(=O)CSc1nnc2c(Cl)cc(C(F)(F)F)cn12. The highest BCUT2D eigenvalue weighted by Crippen LogP contribution is 2.33. The van der Waals surface area contributed by atoms with Crippen LogP contribution in [-0.4, -0.2) is 38.2 Å². The monoisotopic (exact) mass is 432 g/mol. The number of hydrogen-bond acceptors (Lipinski definition) is 4. The van der Waals surface area contributed by atoms with E-state index in [2.05, 4.69) is 10.2 Å². The van der Waals surface area contributed by atoms with Crippen molar-refractivity contribution in [1.82, 2.24) is 19.5 Å². The molecule has 1 amide bonds. The molecule has 11 heteroatoms. The molecule has 5 nitrogen and oxygen atoms in total. The van der Waals surface area contributed by atoms with E-state index in [9.17, 15) is 22.4 Å². The van der Waals surface area contributed by atoms with E-state index in [0.29, 0.717) is 0 Å². The number of benzene rings is 1. The molecule has 0 N–H and O–H groups in total. The molecule has 28 heavy (non-hydrogen) atoms. The number of rotatable bonds is 5. The fourth-order valence-electron chi connectivity index (χ4n) is 2.38. The number of carbonyl (C=O) groups is 1. The Morgan fingerprint density at radius 1 is 1.25 bits per heavy atom. The number of aromatic nitrogens is 3. The largest absolute Gasteiger partial charge is 0.417 e. The van der Waals surface area contributed by atoms with Gasteiger partial charge in [0.1, 0.15) is 5.82 Å². The second-order valence-electron chi connectivity index (χ2n) is 5.92. The summed E-state index contributed by atoms with van der Waals surface area (Å²) >= 11 is 6.81. The van der Waals surface area contributed by atoms with Crippen LogP contribution in [0.1, 0.15) is 11.1 Å². The molecule has 0 fully saturated rings. The van der Waals surface area contributed by atoms with E-state index in [4.69, 9.17) is 11.6 Å². The fourth-order valence-corrected chi connectivity index (χ4v) is 3.47. The molecule has 0 radical (unpaired) electrons. The van der Waals surface area contributed by atoms with Gasteiger partial charge in [-0.1, -0.05) is 35.5 Å². The van der Waals surface area contributed by atoms with Crippen molar-refractivity contribution in [1.29, 1.82) is 0 Å². The second-order valence-corrected chi connectivity index (χ2v) is 7.27. The Morgan fingerprint density at radius 2 is 1.93 bits per heavy atom. The van der Waals surface area contributed by atoms with Gasteiger partial charge in [0.2, 0.25) is 5.91 Å². The Labute approximate surface area is 166 Å². The van der Waals surface area contributed by atoms with Crippen molar-refractivity contribution in [2.24, 2.45) is 0 Å². The molecular weight excluding hydrogens is 420 g/mol. The summed E-state index contributed by atoms with van der Waals surface area (Å²) in [5, 5.41) is 7.52. The minimum atomic E-state index is -4.57. The molecule has 3 rings (SSSR count). The van der Waals surface area contributed by atoms with E-state index in [0.717, 1.165) is 34.0 Å². The predicted molar refractivity (Wildman–Crippen MR) is 96.6 cm³/mol. The van der Waals surface area contributed by atoms with Crippen LogP contribution < -0.4 is 0 Å². The topological polar surface area (TPSA) is 50.5 Å². The van der Waals surface area contributed by atoms with Crippen molar-refractivity contribution in [3.63, 3.8) is 0 Å². The van der Waals surface area contributed by atoms with Gasteiger partial charge in [-0.15, -0.1) is 10.2 Å². The van der Waals surface area contributed by atoms with Crippen molar-refractivity contribution in [3.05, 3.63) is 58.5 Å². The third-order valence-electron chi connectivity index (χ3n) is 3.84. The molecule has 1 aromatic carbocycles. The Morgan fingerprint density at radius 3 is 2.57 bits per heavy atom. The zero-order chi connectivity index (χ0) is 20.5. The summed E-state index contributed by atoms with van der Waals surface area (Å²) in [6, 6.07) is 6.51. The van der Waals surface area contributed by atoms with Crippen LogP contribution in [0.3, 0.4) is 0 Å². The number of thioether (sulfide) groups is 1. The van der Waals surface area contributed by atoms with E-state index < -0.39 is 11.7 Å². The minimum Gasteiger partial charge on any atom is -0.341 e. The van der Waals surface area contributed by atoms with Gasteiger partial charge in [0.25, 0.3) is 0 Å². The predicted octanol–water partition coefficient (Wildman–Crippen LogP) is 4.29. The summed E-state index contributed by atoms with van der Waals surface area (Å²) in [7, 11) is 1.58. The normalized spacial score (nSPS) is 11.8. The number of halogens is 5. The molecule has 0 atom stereocenters. The van der Waals surface area contributed by atoms with Crippen molar-refractivity contribution >= 4 is 34.9 Å². The van der Waals surface area contributed by atoms with Crippen LogP contribution in [0.4, 0.5) is 17.6 Å². The van der Waals surface area contributed by atoms with Gasteiger partial charge in [0.15, 0.2) is 10.8 Å². The lowest BCUT2D eigenvalue weighted by molar-refractivity contribution is -0.138. The van der Waals surface area contributed by atoms with Crippen LogP contribution in [0.5, 0.6) is 0 Å². The highest BCUT2D eigenvalue weighted by Gasteiger charge is 2.32. The lowest BCUT2D eigenvalue weighted by Gasteiger charge is -2.17. The van der Waals surface area contributed by atoms with Crippen molar-refractivity contribution in [3.8, 4) is 0 Å². The number of pyridine rings is 1. The molecule has 0 aliphatic carbocycles. The quantitative estimate of drug-likeness (QED) is 0.446. The fraction of sp³-hybridized carbons (Fsp3) is 0.235. The Kier molecular flexibility index (Phi) is 5.80. The van der Waals surface area contributed by atoms with E-state index in [-0.39, 0.29) is 39.8 Å². The van der Waals surface area contributed by atoms with E-state index in [1.54, 1.807) is 19.2 Å². The first-order valence-electron chi connectivity index (χ1n) is 7.88. The summed E-state index contributed by atoms with van der Waals surface area (Å²) in [6.45, 7) is 0.268. The first-order valence-corrected chi connectivity index (χ1v) is 9.24. The van der Waals surface area contributed by atoms with Crippen molar-refractivity contribution in [2.45, 2.75) is 17.9 Å². The maximum absolute atomic E-state index is 13.0. The number of alkyl halides is 3. The van der Waals surface area contributed by atoms with Crippen molar-refractivity contribution < 1.29 is 22.4 Å². The standard InChI is InChI=1S/C17H13ClF4N4OS/c1-25(7-10-2-4-12(19)5-3-10)14(27)9-28-16-24-23-15-13(18)6-11(8-26(15)16)17(20,21)22/h2-6,8H,7,9H2,1H3. The lowest BCUT2D eigenvalue weighted by atomic mass is 10.2. The van der Waals surface area contributed by atoms with Crippen LogP contribution in [0.15, 0.2) is 41.7 Å². The summed E-state index contributed by atoms with van der Waals surface area (Å²) in [5.41, 5.74) is -0.118. The van der Waals surface area contributed by atoms with Gasteiger partial charge in [0.05, 0.1) is 16.3 Å². The zero-order valence-corrected chi connectivity index (χ0v) is 15.9. The van der Waals surface area contributed by atoms with Crippen LogP contribution in [0.25, 0.3) is 5.65 Å². The molecule has 0 aliphatic rings. The molecule has 0 aliphatic heterocycles. The number of carbonyl (C=O) groups excluding carboxylic acids is 1. The average Bonchev–Trinajstić information content (AvgIpc) is 3.04. The van der Waals surface area contributed by atoms with Crippen molar-refractivity contribution in [2.75, 3.05) is 12.8 Å². The smallest absolute Gasteiger partial charge is 0.341 e. The molecule has 0 spiro atoms. The number of amides is 1. The average molecular weight is 433 g/mol. The Hall–Kier alpha value is -2.33. The van der Waals surface area contributed by atoms with Crippen LogP contribution in [-0.2, 0) is 17.5 Å². The van der Waals surface area contributed by atoms with Gasteiger partial charge in [-0.05, 0) is 23.8 Å². The number of fused-ring (bicyclic) bond motifs is 1. The molecule has 2 aromatic heterocycles. The Bertz CT molecular complexity index is 1010. The molecule has 0 saturated carbocycles. The maximum atomic E-state index is 13.0. The highest BCUT2D eigenvalue weighted by atomic mass is 35.5. The summed E-state index contributed by atoms with van der Waals surface area (Å²) in [4.78, 5) is 13.7. The molecule has 0 saturated heterocycles. The summed E-state index contributed by atoms with van der Waals surface area (Å²) in [5.74, 6) is -0.709. The molecule has 0 unspecified atom stereocenters. The van der Waals surface area contributed by atoms with Gasteiger partial charge >= 0.3 is 6.18 Å². The lowest BCUT2D eigenvalue weighted by Crippen LogP contribution is -2.27. The number of nitrogens with zero attached hydrogens (tertiary/aromatic N) is 4.